The summed E-state index contributed by atoms with van der Waals surface area (Å²) in [7, 11) is -0.361. The smallest absolute Gasteiger partial charge is 0.0622 e. The second-order valence-corrected chi connectivity index (χ2v) is 6.88. The Morgan fingerprint density at radius 1 is 0.579 bits per heavy atom. The Bertz CT molecular complexity index is 589. The molecule has 94 valence electrons. The van der Waals surface area contributed by atoms with Gasteiger partial charge in [-0.15, -0.1) is 0 Å². The van der Waals surface area contributed by atoms with E-state index in [2.05, 4.69) is 74.5 Å². The molecule has 0 saturated carbocycles. The largest absolute Gasteiger partial charge is 0.0897 e. The van der Waals surface area contributed by atoms with E-state index in [0.29, 0.717) is 0 Å². The molecule has 3 rings (SSSR count). The first kappa shape index (κ1) is 12.2. The Morgan fingerprint density at radius 2 is 0.947 bits per heavy atom. The van der Waals surface area contributed by atoms with Gasteiger partial charge in [-0.1, -0.05) is 71.1 Å². The summed E-state index contributed by atoms with van der Waals surface area (Å²) in [5.74, 6) is 0. The molecule has 1 aliphatic heterocycles. The van der Waals surface area contributed by atoms with Gasteiger partial charge in [0, 0.05) is 0 Å². The lowest BCUT2D eigenvalue weighted by Crippen LogP contribution is -1.96. The third kappa shape index (κ3) is 2.22. The predicted octanol–water partition coefficient (Wildman–Crippen LogP) is 4.03. The van der Waals surface area contributed by atoms with Crippen molar-refractivity contribution in [2.45, 2.75) is 13.8 Å². The van der Waals surface area contributed by atoms with Gasteiger partial charge in [0.25, 0.3) is 0 Å². The Morgan fingerprint density at radius 3 is 1.32 bits per heavy atom. The van der Waals surface area contributed by atoms with Gasteiger partial charge in [-0.05, 0) is 36.1 Å². The number of hydrogen-bond acceptors (Lipinski definition) is 0. The van der Waals surface area contributed by atoms with Gasteiger partial charge < -0.3 is 0 Å². The Labute approximate surface area is 117 Å². The highest BCUT2D eigenvalue weighted by Crippen LogP contribution is 2.36. The molecular formula is C18H18Si. The molecule has 0 aliphatic carbocycles. The zero-order valence-corrected chi connectivity index (χ0v) is 12.9. The van der Waals surface area contributed by atoms with Gasteiger partial charge in [-0.25, -0.2) is 0 Å². The van der Waals surface area contributed by atoms with E-state index in [1.165, 1.54) is 22.3 Å². The molecule has 1 heterocycles. The van der Waals surface area contributed by atoms with E-state index in [-0.39, 0.29) is 9.52 Å². The van der Waals surface area contributed by atoms with Gasteiger partial charge in [0.2, 0.25) is 0 Å². The first-order valence-electron chi connectivity index (χ1n) is 6.78. The van der Waals surface area contributed by atoms with Crippen LogP contribution in [0.3, 0.4) is 0 Å². The SMILES string of the molecule is CC1=C(c2ccccc2)[SiH2]C(c2ccccc2)=C1C. The summed E-state index contributed by atoms with van der Waals surface area (Å²) in [5.41, 5.74) is 5.82. The molecule has 2 aromatic rings. The molecule has 0 bridgehead atoms. The Balaban J connectivity index is 1.99. The summed E-state index contributed by atoms with van der Waals surface area (Å²) in [6.07, 6.45) is 0. The monoisotopic (exact) mass is 262 g/mol. The maximum atomic E-state index is 2.28. The number of rotatable bonds is 2. The van der Waals surface area contributed by atoms with Crippen LogP contribution in [0.2, 0.25) is 0 Å². The normalized spacial score (nSPS) is 15.3. The lowest BCUT2D eigenvalue weighted by Gasteiger charge is -2.06. The van der Waals surface area contributed by atoms with Gasteiger partial charge in [-0.3, -0.25) is 0 Å². The third-order valence-electron chi connectivity index (χ3n) is 4.07. The van der Waals surface area contributed by atoms with Crippen LogP contribution in [-0.2, 0) is 0 Å². The van der Waals surface area contributed by atoms with Crippen molar-refractivity contribution in [2.75, 3.05) is 0 Å². The van der Waals surface area contributed by atoms with Gasteiger partial charge in [0.15, 0.2) is 0 Å². The fourth-order valence-electron chi connectivity index (χ4n) is 2.81. The maximum absolute atomic E-state index is 2.28. The van der Waals surface area contributed by atoms with E-state index >= 15 is 0 Å². The van der Waals surface area contributed by atoms with Crippen molar-refractivity contribution in [3.63, 3.8) is 0 Å². The average molecular weight is 262 g/mol. The maximum Gasteiger partial charge on any atom is 0.0897 e. The van der Waals surface area contributed by atoms with Crippen molar-refractivity contribution in [2.24, 2.45) is 0 Å². The summed E-state index contributed by atoms with van der Waals surface area (Å²) in [4.78, 5) is 0. The van der Waals surface area contributed by atoms with Crippen molar-refractivity contribution in [3.05, 3.63) is 82.9 Å². The Hall–Kier alpha value is -1.86. The van der Waals surface area contributed by atoms with E-state index in [4.69, 9.17) is 0 Å². The lowest BCUT2D eigenvalue weighted by molar-refractivity contribution is 1.38. The molecule has 0 aromatic heterocycles. The van der Waals surface area contributed by atoms with Crippen LogP contribution in [0.1, 0.15) is 25.0 Å². The summed E-state index contributed by atoms with van der Waals surface area (Å²) < 4.78 is 0. The van der Waals surface area contributed by atoms with Crippen LogP contribution in [0.5, 0.6) is 0 Å². The fraction of sp³-hybridized carbons (Fsp3) is 0.111. The Kier molecular flexibility index (Phi) is 3.22. The average Bonchev–Trinajstić information content (AvgIpc) is 2.77. The number of allylic oxidation sites excluding steroid dienone is 2. The molecule has 0 radical (unpaired) electrons. The van der Waals surface area contributed by atoms with Crippen molar-refractivity contribution >= 4 is 19.9 Å². The molecule has 0 spiro atoms. The first-order chi connectivity index (χ1) is 9.27. The van der Waals surface area contributed by atoms with Crippen LogP contribution in [-0.4, -0.2) is 9.52 Å². The molecule has 0 unspecified atom stereocenters. The quantitative estimate of drug-likeness (QED) is 0.717. The molecule has 19 heavy (non-hydrogen) atoms. The second-order valence-electron chi connectivity index (χ2n) is 5.12. The van der Waals surface area contributed by atoms with E-state index in [1.54, 1.807) is 10.4 Å². The molecule has 0 atom stereocenters. The minimum Gasteiger partial charge on any atom is -0.0622 e. The summed E-state index contributed by atoms with van der Waals surface area (Å²) in [6.45, 7) is 4.56. The van der Waals surface area contributed by atoms with Crippen molar-refractivity contribution in [1.82, 2.24) is 0 Å². The highest BCUT2D eigenvalue weighted by Gasteiger charge is 2.20. The zero-order chi connectivity index (χ0) is 13.2. The van der Waals surface area contributed by atoms with Crippen molar-refractivity contribution in [1.29, 1.82) is 0 Å². The van der Waals surface area contributed by atoms with Crippen LogP contribution in [0.15, 0.2) is 71.8 Å². The van der Waals surface area contributed by atoms with Crippen LogP contribution in [0.4, 0.5) is 0 Å². The van der Waals surface area contributed by atoms with E-state index in [9.17, 15) is 0 Å². The highest BCUT2D eigenvalue weighted by atomic mass is 28.2. The summed E-state index contributed by atoms with van der Waals surface area (Å²) in [6, 6.07) is 21.7. The minimum atomic E-state index is -0.361. The number of hydrogen-bond donors (Lipinski definition) is 0. The molecule has 0 amide bonds. The van der Waals surface area contributed by atoms with Crippen LogP contribution < -0.4 is 0 Å². The van der Waals surface area contributed by atoms with Crippen molar-refractivity contribution in [3.8, 4) is 0 Å². The minimum absolute atomic E-state index is 0.361. The molecule has 1 aliphatic rings. The van der Waals surface area contributed by atoms with Gasteiger partial charge >= 0.3 is 0 Å². The van der Waals surface area contributed by atoms with Gasteiger partial charge in [0.1, 0.15) is 0 Å². The molecular weight excluding hydrogens is 244 g/mol. The molecule has 2 aromatic carbocycles. The van der Waals surface area contributed by atoms with E-state index < -0.39 is 0 Å². The molecule has 1 heteroatoms. The third-order valence-corrected chi connectivity index (χ3v) is 6.65. The number of benzene rings is 2. The van der Waals surface area contributed by atoms with Crippen LogP contribution >= 0.6 is 0 Å². The fourth-order valence-corrected chi connectivity index (χ4v) is 5.10. The standard InChI is InChI=1S/C18H18Si/c1-13-14(2)18(16-11-7-4-8-12-16)19-17(13)15-9-5-3-6-10-15/h3-12H,19H2,1-2H3. The predicted molar refractivity (Wildman–Crippen MR) is 86.6 cm³/mol. The molecule has 0 fully saturated rings. The van der Waals surface area contributed by atoms with Crippen LogP contribution in [0.25, 0.3) is 10.4 Å². The van der Waals surface area contributed by atoms with E-state index in [0.717, 1.165) is 0 Å². The molecule has 0 N–H and O–H groups in total. The zero-order valence-electron chi connectivity index (χ0n) is 11.5. The second kappa shape index (κ2) is 5.02. The topological polar surface area (TPSA) is 0 Å². The molecule has 0 saturated heterocycles. The highest BCUT2D eigenvalue weighted by molar-refractivity contribution is 6.81. The van der Waals surface area contributed by atoms with Crippen LogP contribution in [0, 0.1) is 0 Å². The van der Waals surface area contributed by atoms with Gasteiger partial charge in [0.05, 0.1) is 9.52 Å². The summed E-state index contributed by atoms with van der Waals surface area (Å²) in [5, 5.41) is 3.22. The lowest BCUT2D eigenvalue weighted by atomic mass is 10.0. The first-order valence-corrected chi connectivity index (χ1v) is 8.19. The van der Waals surface area contributed by atoms with Gasteiger partial charge in [-0.2, -0.15) is 0 Å². The van der Waals surface area contributed by atoms with E-state index in [1.807, 2.05) is 0 Å². The van der Waals surface area contributed by atoms with Crippen molar-refractivity contribution < 1.29 is 0 Å². The molecule has 0 nitrogen and oxygen atoms in total. The summed E-state index contributed by atoms with van der Waals surface area (Å²) >= 11 is 0.